The van der Waals surface area contributed by atoms with Gasteiger partial charge in [0, 0.05) is 0 Å². The number of hydrogen-bond acceptors (Lipinski definition) is 5. The van der Waals surface area contributed by atoms with Gasteiger partial charge in [0.1, 0.15) is 24.4 Å². The second kappa shape index (κ2) is 16.5. The number of aliphatic hydroxyl groups excluding tert-OH is 3. The van der Waals surface area contributed by atoms with Crippen LogP contribution in [-0.2, 0) is 9.47 Å². The van der Waals surface area contributed by atoms with Crippen molar-refractivity contribution in [3.8, 4) is 0 Å². The van der Waals surface area contributed by atoms with Crippen LogP contribution in [0.1, 0.15) is 84.0 Å². The predicted octanol–water partition coefficient (Wildman–Crippen LogP) is 3.74. The highest BCUT2D eigenvalue weighted by molar-refractivity contribution is 4.89. The van der Waals surface area contributed by atoms with Crippen LogP contribution in [0.3, 0.4) is 0 Å². The molecule has 0 aliphatic carbocycles. The van der Waals surface area contributed by atoms with Gasteiger partial charge in [-0.2, -0.15) is 0 Å². The van der Waals surface area contributed by atoms with Crippen molar-refractivity contribution >= 4 is 0 Å². The fraction of sp³-hybridized carbons (Fsp3) is 0.909. The second-order valence-electron chi connectivity index (χ2n) is 7.71. The maximum absolute atomic E-state index is 9.80. The van der Waals surface area contributed by atoms with Crippen molar-refractivity contribution in [3.63, 3.8) is 0 Å². The highest BCUT2D eigenvalue weighted by Gasteiger charge is 2.40. The zero-order valence-electron chi connectivity index (χ0n) is 17.2. The largest absolute Gasteiger partial charge is 0.394 e. The minimum atomic E-state index is -0.998. The second-order valence-corrected chi connectivity index (χ2v) is 7.71. The summed E-state index contributed by atoms with van der Waals surface area (Å²) in [6.45, 7) is 2.49. The lowest BCUT2D eigenvalue weighted by Crippen LogP contribution is -2.42. The average Bonchev–Trinajstić information content (AvgIpc) is 3.00. The van der Waals surface area contributed by atoms with Crippen molar-refractivity contribution in [1.29, 1.82) is 0 Å². The van der Waals surface area contributed by atoms with Crippen molar-refractivity contribution in [2.45, 2.75) is 108 Å². The van der Waals surface area contributed by atoms with Gasteiger partial charge in [-0.3, -0.25) is 0 Å². The number of rotatable bonds is 17. The van der Waals surface area contributed by atoms with Crippen LogP contribution >= 0.6 is 0 Å². The molecule has 1 fully saturated rings. The third-order valence-electron chi connectivity index (χ3n) is 5.28. The molecule has 4 atom stereocenters. The zero-order chi connectivity index (χ0) is 19.7. The van der Waals surface area contributed by atoms with Crippen LogP contribution in [0.25, 0.3) is 0 Å². The van der Waals surface area contributed by atoms with Gasteiger partial charge in [-0.05, 0) is 12.8 Å². The summed E-state index contributed by atoms with van der Waals surface area (Å²) in [5, 5.41) is 28.7. The monoisotopic (exact) mass is 386 g/mol. The highest BCUT2D eigenvalue weighted by Crippen LogP contribution is 2.19. The maximum atomic E-state index is 9.80. The Bertz CT molecular complexity index is 361. The lowest BCUT2D eigenvalue weighted by Gasteiger charge is -2.23. The molecule has 1 heterocycles. The zero-order valence-corrected chi connectivity index (χ0v) is 17.2. The molecule has 0 radical (unpaired) electrons. The first kappa shape index (κ1) is 24.6. The van der Waals surface area contributed by atoms with E-state index in [1.54, 1.807) is 0 Å². The van der Waals surface area contributed by atoms with E-state index in [4.69, 9.17) is 9.47 Å². The first-order valence-corrected chi connectivity index (χ1v) is 11.1. The summed E-state index contributed by atoms with van der Waals surface area (Å²) in [6.07, 6.45) is 16.8. The fourth-order valence-electron chi connectivity index (χ4n) is 3.50. The van der Waals surface area contributed by atoms with Gasteiger partial charge in [-0.25, -0.2) is 0 Å². The summed E-state index contributed by atoms with van der Waals surface area (Å²) in [7, 11) is 0. The molecule has 1 aliphatic rings. The first-order valence-electron chi connectivity index (χ1n) is 11.1. The van der Waals surface area contributed by atoms with Gasteiger partial charge in [0.2, 0.25) is 0 Å². The Kier molecular flexibility index (Phi) is 15.0. The normalized spacial score (nSPS) is 24.1. The van der Waals surface area contributed by atoms with Crippen molar-refractivity contribution < 1.29 is 24.8 Å². The molecule has 0 aromatic heterocycles. The standard InChI is InChI=1S/C22H42O5/c1-2-3-4-5-6-7-8-9-10-11-12-13-14-15-16-26-20(17-23)22-21(25)19(24)18-27-22/h14-15,19-25H,2-13,16-18H2,1H3/b15-14+/t19-,20+,21+,22+/m0/s1. The number of aliphatic hydroxyl groups is 3. The van der Waals surface area contributed by atoms with E-state index in [0.717, 1.165) is 6.42 Å². The van der Waals surface area contributed by atoms with Crippen molar-refractivity contribution in [2.24, 2.45) is 0 Å². The van der Waals surface area contributed by atoms with Gasteiger partial charge in [0.25, 0.3) is 0 Å². The quantitative estimate of drug-likeness (QED) is 0.262. The van der Waals surface area contributed by atoms with Gasteiger partial charge < -0.3 is 24.8 Å². The first-order chi connectivity index (χ1) is 13.2. The third kappa shape index (κ3) is 11.2. The molecule has 0 spiro atoms. The predicted molar refractivity (Wildman–Crippen MR) is 109 cm³/mol. The molecular weight excluding hydrogens is 344 g/mol. The van der Waals surface area contributed by atoms with E-state index in [1.807, 2.05) is 6.08 Å². The maximum Gasteiger partial charge on any atom is 0.114 e. The van der Waals surface area contributed by atoms with Crippen LogP contribution < -0.4 is 0 Å². The van der Waals surface area contributed by atoms with Crippen molar-refractivity contribution in [1.82, 2.24) is 0 Å². The molecule has 0 aromatic rings. The van der Waals surface area contributed by atoms with Crippen LogP contribution in [0.15, 0.2) is 12.2 Å². The molecular formula is C22H42O5. The van der Waals surface area contributed by atoms with Crippen molar-refractivity contribution in [3.05, 3.63) is 12.2 Å². The number of unbranched alkanes of at least 4 members (excludes halogenated alkanes) is 11. The van der Waals surface area contributed by atoms with Crippen LogP contribution in [0.4, 0.5) is 0 Å². The smallest absolute Gasteiger partial charge is 0.114 e. The topological polar surface area (TPSA) is 79.2 Å². The summed E-state index contributed by atoms with van der Waals surface area (Å²) < 4.78 is 10.9. The number of ether oxygens (including phenoxy) is 2. The van der Waals surface area contributed by atoms with Gasteiger partial charge in [-0.1, -0.05) is 83.3 Å². The molecule has 0 amide bonds. The van der Waals surface area contributed by atoms with E-state index in [0.29, 0.717) is 6.61 Å². The molecule has 0 bridgehead atoms. The minimum Gasteiger partial charge on any atom is -0.394 e. The summed E-state index contributed by atoms with van der Waals surface area (Å²) >= 11 is 0. The summed E-state index contributed by atoms with van der Waals surface area (Å²) in [4.78, 5) is 0. The van der Waals surface area contributed by atoms with Gasteiger partial charge in [0.05, 0.1) is 19.8 Å². The number of allylic oxidation sites excluding steroid dienone is 1. The van der Waals surface area contributed by atoms with Crippen LogP contribution in [0.5, 0.6) is 0 Å². The van der Waals surface area contributed by atoms with E-state index in [2.05, 4.69) is 13.0 Å². The van der Waals surface area contributed by atoms with E-state index in [1.165, 1.54) is 70.6 Å². The van der Waals surface area contributed by atoms with Crippen molar-refractivity contribution in [2.75, 3.05) is 19.8 Å². The van der Waals surface area contributed by atoms with Crippen LogP contribution in [0, 0.1) is 0 Å². The molecule has 0 unspecified atom stereocenters. The Balaban J connectivity index is 1.91. The van der Waals surface area contributed by atoms with E-state index in [-0.39, 0.29) is 13.2 Å². The molecule has 0 aromatic carbocycles. The molecule has 3 N–H and O–H groups in total. The molecule has 5 nitrogen and oxygen atoms in total. The van der Waals surface area contributed by atoms with Gasteiger partial charge >= 0.3 is 0 Å². The highest BCUT2D eigenvalue weighted by atomic mass is 16.6. The van der Waals surface area contributed by atoms with Gasteiger partial charge in [0.15, 0.2) is 0 Å². The van der Waals surface area contributed by atoms with E-state index < -0.39 is 24.4 Å². The van der Waals surface area contributed by atoms with E-state index in [9.17, 15) is 15.3 Å². The molecule has 0 saturated carbocycles. The summed E-state index contributed by atoms with van der Waals surface area (Å²) in [5.74, 6) is 0. The molecule has 1 saturated heterocycles. The molecule has 1 rings (SSSR count). The SMILES string of the molecule is CCCCCCCCCCCCC/C=C/CO[C@H](CO)[C@H]1OC[C@H](O)[C@H]1O. The Labute approximate surface area is 165 Å². The Morgan fingerprint density at radius 3 is 2.04 bits per heavy atom. The molecule has 160 valence electrons. The molecule has 27 heavy (non-hydrogen) atoms. The average molecular weight is 387 g/mol. The Morgan fingerprint density at radius 1 is 0.926 bits per heavy atom. The molecule has 5 heteroatoms. The van der Waals surface area contributed by atoms with Gasteiger partial charge in [-0.15, -0.1) is 0 Å². The fourth-order valence-corrected chi connectivity index (χ4v) is 3.50. The Hall–Kier alpha value is -0.460. The van der Waals surface area contributed by atoms with E-state index >= 15 is 0 Å². The summed E-state index contributed by atoms with van der Waals surface area (Å²) in [6, 6.07) is 0. The van der Waals surface area contributed by atoms with Crippen LogP contribution in [0.2, 0.25) is 0 Å². The summed E-state index contributed by atoms with van der Waals surface area (Å²) in [5.41, 5.74) is 0. The minimum absolute atomic E-state index is 0.0837. The molecule has 1 aliphatic heterocycles. The van der Waals surface area contributed by atoms with Crippen LogP contribution in [-0.4, -0.2) is 59.6 Å². The number of hydrogen-bond donors (Lipinski definition) is 3. The Morgan fingerprint density at radius 2 is 1.52 bits per heavy atom. The lowest BCUT2D eigenvalue weighted by molar-refractivity contribution is -0.0942. The lowest BCUT2D eigenvalue weighted by atomic mass is 10.1. The third-order valence-corrected chi connectivity index (χ3v) is 5.28.